The summed E-state index contributed by atoms with van der Waals surface area (Å²) >= 11 is 5.90. The SMILES string of the molecule is O=C(Nc1ccc(Cl)cc1)Nc1ccc(=O)n2c1[C@@H]1C[C@@H](CN(C(=O)c3ccc(F)cc3)C1)C2. The lowest BCUT2D eigenvalue weighted by Crippen LogP contribution is -2.49. The first-order valence-corrected chi connectivity index (χ1v) is 11.4. The first-order valence-electron chi connectivity index (χ1n) is 11.0. The summed E-state index contributed by atoms with van der Waals surface area (Å²) in [5.41, 5.74) is 2.12. The first kappa shape index (κ1) is 22.2. The zero-order valence-corrected chi connectivity index (χ0v) is 18.9. The zero-order chi connectivity index (χ0) is 23.8. The number of nitrogens with one attached hydrogen (secondary N) is 2. The summed E-state index contributed by atoms with van der Waals surface area (Å²) in [5, 5.41) is 6.18. The van der Waals surface area contributed by atoms with E-state index in [-0.39, 0.29) is 23.3 Å². The molecule has 3 aromatic rings. The van der Waals surface area contributed by atoms with E-state index in [0.717, 1.165) is 6.42 Å². The molecule has 1 saturated heterocycles. The van der Waals surface area contributed by atoms with Crippen LogP contribution in [0, 0.1) is 11.7 Å². The van der Waals surface area contributed by atoms with E-state index in [1.807, 2.05) is 0 Å². The number of hydrogen-bond donors (Lipinski definition) is 2. The highest BCUT2D eigenvalue weighted by molar-refractivity contribution is 6.30. The monoisotopic (exact) mass is 480 g/mol. The van der Waals surface area contributed by atoms with Crippen LogP contribution in [0.1, 0.15) is 28.4 Å². The van der Waals surface area contributed by atoms with Gasteiger partial charge in [0.2, 0.25) is 0 Å². The van der Waals surface area contributed by atoms with E-state index in [1.165, 1.54) is 30.3 Å². The highest BCUT2D eigenvalue weighted by atomic mass is 35.5. The Balaban J connectivity index is 1.39. The summed E-state index contributed by atoms with van der Waals surface area (Å²) in [7, 11) is 0. The number of anilines is 2. The fourth-order valence-electron chi connectivity index (χ4n) is 4.88. The van der Waals surface area contributed by atoms with Gasteiger partial charge in [-0.05, 0) is 66.9 Å². The molecule has 174 valence electrons. The third-order valence-corrected chi connectivity index (χ3v) is 6.57. The number of hydrogen-bond acceptors (Lipinski definition) is 3. The number of amides is 3. The summed E-state index contributed by atoms with van der Waals surface area (Å²) in [6, 6.07) is 14.9. The van der Waals surface area contributed by atoms with Gasteiger partial charge in [0.1, 0.15) is 5.82 Å². The molecule has 2 atom stereocenters. The van der Waals surface area contributed by atoms with Crippen molar-refractivity contribution in [2.24, 2.45) is 5.92 Å². The van der Waals surface area contributed by atoms with E-state index < -0.39 is 11.8 Å². The van der Waals surface area contributed by atoms with Crippen LogP contribution in [-0.4, -0.2) is 34.5 Å². The Morgan fingerprint density at radius 3 is 2.38 bits per heavy atom. The quantitative estimate of drug-likeness (QED) is 0.577. The lowest BCUT2D eigenvalue weighted by molar-refractivity contribution is 0.0595. The number of urea groups is 1. The minimum atomic E-state index is -0.444. The highest BCUT2D eigenvalue weighted by Gasteiger charge is 2.38. The molecule has 9 heteroatoms. The van der Waals surface area contributed by atoms with Gasteiger partial charge in [0, 0.05) is 53.6 Å². The van der Waals surface area contributed by atoms with Crippen molar-refractivity contribution in [3.63, 3.8) is 0 Å². The minimum absolute atomic E-state index is 0.114. The number of benzene rings is 2. The van der Waals surface area contributed by atoms with Gasteiger partial charge in [-0.3, -0.25) is 9.59 Å². The number of pyridine rings is 1. The molecule has 0 aliphatic carbocycles. The van der Waals surface area contributed by atoms with Gasteiger partial charge in [-0.25, -0.2) is 9.18 Å². The van der Waals surface area contributed by atoms with Gasteiger partial charge in [-0.15, -0.1) is 0 Å². The molecule has 2 bridgehead atoms. The van der Waals surface area contributed by atoms with Gasteiger partial charge in [-0.2, -0.15) is 0 Å². The number of fused-ring (bicyclic) bond motifs is 4. The van der Waals surface area contributed by atoms with Gasteiger partial charge in [0.15, 0.2) is 0 Å². The summed E-state index contributed by atoms with van der Waals surface area (Å²) in [5.74, 6) is -0.562. The van der Waals surface area contributed by atoms with Crippen LogP contribution in [0.4, 0.5) is 20.6 Å². The Bertz CT molecular complexity index is 1310. The minimum Gasteiger partial charge on any atom is -0.338 e. The molecular weight excluding hydrogens is 459 g/mol. The van der Waals surface area contributed by atoms with Crippen LogP contribution in [-0.2, 0) is 6.54 Å². The second kappa shape index (κ2) is 8.95. The standard InChI is InChI=1S/C25H22ClFN4O3/c26-18-3-7-20(8-4-18)28-25(34)29-21-9-10-22(32)31-13-15-11-17(23(21)31)14-30(12-15)24(33)16-1-5-19(27)6-2-16/h1-10,15,17H,11-14H2,(H2,28,29,34)/t15-,17+/m0/s1. The summed E-state index contributed by atoms with van der Waals surface area (Å²) in [6.07, 6.45) is 0.810. The molecule has 7 nitrogen and oxygen atoms in total. The molecule has 0 saturated carbocycles. The number of halogens is 2. The molecule has 0 unspecified atom stereocenters. The van der Waals surface area contributed by atoms with Crippen molar-refractivity contribution in [1.82, 2.24) is 9.47 Å². The molecule has 34 heavy (non-hydrogen) atoms. The van der Waals surface area contributed by atoms with Crippen molar-refractivity contribution < 1.29 is 14.0 Å². The van der Waals surface area contributed by atoms with Crippen LogP contribution in [0.2, 0.25) is 5.02 Å². The molecule has 1 fully saturated rings. The van der Waals surface area contributed by atoms with Crippen LogP contribution in [0.3, 0.4) is 0 Å². The lowest BCUT2D eigenvalue weighted by atomic mass is 9.82. The molecule has 1 aromatic heterocycles. The number of nitrogens with zero attached hydrogens (tertiary/aromatic N) is 2. The fraction of sp³-hybridized carbons (Fsp3) is 0.240. The van der Waals surface area contributed by atoms with Crippen LogP contribution in [0.15, 0.2) is 65.5 Å². The molecule has 2 aliphatic heterocycles. The van der Waals surface area contributed by atoms with E-state index in [9.17, 15) is 18.8 Å². The molecule has 0 spiro atoms. The maximum absolute atomic E-state index is 13.3. The Kier molecular flexibility index (Phi) is 5.83. The van der Waals surface area contributed by atoms with Gasteiger partial charge in [0.25, 0.3) is 11.5 Å². The molecule has 2 aromatic carbocycles. The van der Waals surface area contributed by atoms with Crippen molar-refractivity contribution in [2.45, 2.75) is 18.9 Å². The number of piperidine rings is 1. The lowest BCUT2D eigenvalue weighted by Gasteiger charge is -2.43. The smallest absolute Gasteiger partial charge is 0.323 e. The van der Waals surface area contributed by atoms with Crippen LogP contribution < -0.4 is 16.2 Å². The van der Waals surface area contributed by atoms with E-state index in [1.54, 1.807) is 39.8 Å². The van der Waals surface area contributed by atoms with Gasteiger partial charge < -0.3 is 20.1 Å². The molecule has 0 radical (unpaired) electrons. The first-order chi connectivity index (χ1) is 16.4. The summed E-state index contributed by atoms with van der Waals surface area (Å²) in [4.78, 5) is 40.1. The van der Waals surface area contributed by atoms with E-state index >= 15 is 0 Å². The van der Waals surface area contributed by atoms with Gasteiger partial charge >= 0.3 is 6.03 Å². The highest BCUT2D eigenvalue weighted by Crippen LogP contribution is 2.39. The third-order valence-electron chi connectivity index (χ3n) is 6.32. The summed E-state index contributed by atoms with van der Waals surface area (Å²) < 4.78 is 15.0. The number of rotatable bonds is 3. The zero-order valence-electron chi connectivity index (χ0n) is 18.1. The largest absolute Gasteiger partial charge is 0.338 e. The average Bonchev–Trinajstić information content (AvgIpc) is 2.82. The number of likely N-dealkylation sites (tertiary alicyclic amines) is 1. The Morgan fingerprint density at radius 2 is 1.65 bits per heavy atom. The van der Waals surface area contributed by atoms with Crippen LogP contribution in [0.25, 0.3) is 0 Å². The molecule has 3 amide bonds. The van der Waals surface area contributed by atoms with E-state index in [2.05, 4.69) is 10.6 Å². The predicted molar refractivity (Wildman–Crippen MR) is 128 cm³/mol. The topological polar surface area (TPSA) is 83.4 Å². The fourth-order valence-corrected chi connectivity index (χ4v) is 5.01. The number of carbonyl (C=O) groups is 2. The Labute approximate surface area is 200 Å². The van der Waals surface area contributed by atoms with E-state index in [0.29, 0.717) is 47.3 Å². The molecule has 2 N–H and O–H groups in total. The normalized spacial score (nSPS) is 18.7. The number of carbonyl (C=O) groups excluding carboxylic acids is 2. The third kappa shape index (κ3) is 4.41. The van der Waals surface area contributed by atoms with Gasteiger partial charge in [-0.1, -0.05) is 11.6 Å². The molecule has 5 rings (SSSR count). The molecular formula is C25H22ClFN4O3. The van der Waals surface area contributed by atoms with Crippen LogP contribution >= 0.6 is 11.6 Å². The van der Waals surface area contributed by atoms with Crippen molar-refractivity contribution in [3.8, 4) is 0 Å². The van der Waals surface area contributed by atoms with Gasteiger partial charge in [0.05, 0.1) is 5.69 Å². The maximum Gasteiger partial charge on any atom is 0.323 e. The Hall–Kier alpha value is -3.65. The summed E-state index contributed by atoms with van der Waals surface area (Å²) in [6.45, 7) is 1.39. The van der Waals surface area contributed by atoms with Crippen molar-refractivity contribution in [3.05, 3.63) is 93.1 Å². The molecule has 2 aliphatic rings. The second-order valence-electron chi connectivity index (χ2n) is 8.68. The Morgan fingerprint density at radius 1 is 0.912 bits per heavy atom. The maximum atomic E-state index is 13.3. The predicted octanol–water partition coefficient (Wildman–Crippen LogP) is 4.54. The average molecular weight is 481 g/mol. The van der Waals surface area contributed by atoms with Crippen molar-refractivity contribution in [2.75, 3.05) is 23.7 Å². The second-order valence-corrected chi connectivity index (χ2v) is 9.12. The van der Waals surface area contributed by atoms with E-state index in [4.69, 9.17) is 11.6 Å². The van der Waals surface area contributed by atoms with Crippen LogP contribution in [0.5, 0.6) is 0 Å². The number of aromatic nitrogens is 1. The van der Waals surface area contributed by atoms with Crippen molar-refractivity contribution >= 4 is 34.9 Å². The van der Waals surface area contributed by atoms with Crippen molar-refractivity contribution in [1.29, 1.82) is 0 Å². The molecule has 3 heterocycles.